The van der Waals surface area contributed by atoms with Gasteiger partial charge in [-0.15, -0.1) is 0 Å². The summed E-state index contributed by atoms with van der Waals surface area (Å²) in [5.41, 5.74) is -3.85. The van der Waals surface area contributed by atoms with E-state index in [0.29, 0.717) is 311 Å². The van der Waals surface area contributed by atoms with Gasteiger partial charge in [0.15, 0.2) is 0 Å². The van der Waals surface area contributed by atoms with Gasteiger partial charge in [-0.2, -0.15) is 0 Å². The molecule has 0 fully saturated rings. The number of carbonyl (C=O) groups excluding carboxylic acids is 1. The van der Waals surface area contributed by atoms with Crippen LogP contribution in [0.4, 0.5) is 0 Å². The fourth-order valence-corrected chi connectivity index (χ4v) is 8.17. The van der Waals surface area contributed by atoms with Gasteiger partial charge in [0.25, 0.3) is 0 Å². The Balaban J connectivity index is 3.24. The smallest absolute Gasteiger partial charge is 0.311 e. The molecule has 2 atom stereocenters. The first kappa shape index (κ1) is 93.4. The van der Waals surface area contributed by atoms with Gasteiger partial charge < -0.3 is 133 Å². The van der Waals surface area contributed by atoms with E-state index in [-0.39, 0.29) is 39.1 Å². The van der Waals surface area contributed by atoms with Crippen LogP contribution >= 0.6 is 0 Å². The molecule has 0 aliphatic heterocycles. The van der Waals surface area contributed by atoms with E-state index in [0.717, 1.165) is 0 Å². The lowest BCUT2D eigenvalue weighted by atomic mass is 9.65. The number of aliphatic carboxylic acids is 2. The third kappa shape index (κ3) is 64.8. The highest BCUT2D eigenvalue weighted by atomic mass is 16.6. The second-order valence-electron chi connectivity index (χ2n) is 22.1. The number of rotatable bonds is 83. The normalized spacial score (nSPS) is 13.2. The lowest BCUT2D eigenvalue weighted by Crippen LogP contribution is -2.43. The first-order chi connectivity index (χ1) is 46.8. The third-order valence-corrected chi connectivity index (χ3v) is 13.4. The molecule has 0 aromatic carbocycles. The molecule has 31 nitrogen and oxygen atoms in total. The van der Waals surface area contributed by atoms with Crippen molar-refractivity contribution in [1.29, 1.82) is 0 Å². The van der Waals surface area contributed by atoms with Gasteiger partial charge in [-0.1, -0.05) is 6.92 Å². The van der Waals surface area contributed by atoms with Gasteiger partial charge in [0.1, 0.15) is 6.61 Å². The summed E-state index contributed by atoms with van der Waals surface area (Å²) >= 11 is 0. The number of esters is 1. The molecule has 0 amide bonds. The minimum Gasteiger partial charge on any atom is -0.481 e. The third-order valence-electron chi connectivity index (χ3n) is 13.4. The standard InChI is InChI=1S/C65H126O31/c1-7-64(4,60(66)67)59-65(5,61(68)69)58-63(2,3)62(70)96-57-56-95-55-54-94-53-52-93-51-50-92-49-48-91-47-46-90-45-44-89-43-42-88-41-40-87-39-38-86-37-36-85-35-34-84-33-32-83-31-30-82-29-28-81-27-26-80-25-24-79-23-22-78-21-20-77-19-18-76-17-16-75-15-14-74-13-12-73-11-10-72-9-8-71-6/h7-59H2,1-6H3,(H,66,67)(H,68,69). The summed E-state index contributed by atoms with van der Waals surface area (Å²) in [6, 6.07) is 0. The molecular weight excluding hydrogens is 1280 g/mol. The molecule has 0 rings (SSSR count). The zero-order valence-corrected chi connectivity index (χ0v) is 59.2. The minimum absolute atomic E-state index is 0.0158. The Kier molecular flexibility index (Phi) is 70.3. The average Bonchev–Trinajstić information content (AvgIpc) is 0.800. The monoisotopic (exact) mass is 1400 g/mol. The van der Waals surface area contributed by atoms with E-state index >= 15 is 0 Å². The van der Waals surface area contributed by atoms with Gasteiger partial charge in [-0.3, -0.25) is 14.4 Å². The molecule has 0 aromatic rings. The Hall–Kier alpha value is -2.59. The predicted octanol–water partition coefficient (Wildman–Crippen LogP) is 2.97. The van der Waals surface area contributed by atoms with Gasteiger partial charge >= 0.3 is 17.9 Å². The van der Waals surface area contributed by atoms with E-state index in [1.54, 1.807) is 27.9 Å². The second kappa shape index (κ2) is 72.2. The maximum atomic E-state index is 12.8. The molecule has 0 aliphatic rings. The summed E-state index contributed by atoms with van der Waals surface area (Å²) in [7, 11) is 1.64. The van der Waals surface area contributed by atoms with Crippen molar-refractivity contribution in [2.24, 2.45) is 16.2 Å². The predicted molar refractivity (Wildman–Crippen MR) is 347 cm³/mol. The van der Waals surface area contributed by atoms with Crippen LogP contribution in [0.15, 0.2) is 0 Å². The first-order valence-electron chi connectivity index (χ1n) is 33.8. The van der Waals surface area contributed by atoms with Crippen LogP contribution in [0.25, 0.3) is 0 Å². The van der Waals surface area contributed by atoms with Gasteiger partial charge in [0.2, 0.25) is 0 Å². The van der Waals surface area contributed by atoms with Crippen LogP contribution < -0.4 is 0 Å². The summed E-state index contributed by atoms with van der Waals surface area (Å²) in [6.07, 6.45) is 0.0448. The van der Waals surface area contributed by atoms with Crippen LogP contribution in [-0.4, -0.2) is 366 Å². The van der Waals surface area contributed by atoms with Crippen molar-refractivity contribution in [2.45, 2.75) is 53.9 Å². The zero-order valence-electron chi connectivity index (χ0n) is 59.2. The van der Waals surface area contributed by atoms with E-state index in [4.69, 9.17) is 123 Å². The number of carboxylic acid groups (broad SMARTS) is 2. The summed E-state index contributed by atoms with van der Waals surface area (Å²) in [5.74, 6) is -2.82. The molecule has 0 saturated carbocycles. The SMILES string of the molecule is CCC(C)(CC(C)(CC(C)(C)C(=O)OCCOCCOCCOCCOCCOCCOCCOCCOCCOCCOCCOCCOCCOCCOCCOCCOCCOCCOCCOCCOCCOCCOCCOCCOCCOC)C(=O)O)C(=O)O. The summed E-state index contributed by atoms with van der Waals surface area (Å²) in [5, 5.41) is 19.6. The molecule has 0 spiro atoms. The number of hydrogen-bond donors (Lipinski definition) is 2. The minimum atomic E-state index is -1.45. The average molecular weight is 1400 g/mol. The Morgan fingerprint density at radius 1 is 0.229 bits per heavy atom. The van der Waals surface area contributed by atoms with E-state index in [1.165, 1.54) is 13.8 Å². The van der Waals surface area contributed by atoms with Crippen LogP contribution in [0.5, 0.6) is 0 Å². The van der Waals surface area contributed by atoms with E-state index in [2.05, 4.69) is 0 Å². The van der Waals surface area contributed by atoms with Gasteiger partial charge in [-0.05, 0) is 47.0 Å². The summed E-state index contributed by atoms with van der Waals surface area (Å²) in [6.45, 7) is 30.5. The van der Waals surface area contributed by atoms with E-state index in [1.807, 2.05) is 0 Å². The van der Waals surface area contributed by atoms with Crippen molar-refractivity contribution in [1.82, 2.24) is 0 Å². The number of ether oxygens (including phenoxy) is 26. The number of hydrogen-bond acceptors (Lipinski definition) is 29. The van der Waals surface area contributed by atoms with Crippen molar-refractivity contribution < 1.29 is 148 Å². The van der Waals surface area contributed by atoms with Crippen molar-refractivity contribution in [3.8, 4) is 0 Å². The van der Waals surface area contributed by atoms with Crippen molar-refractivity contribution >= 4 is 17.9 Å². The van der Waals surface area contributed by atoms with E-state index < -0.39 is 34.2 Å². The zero-order chi connectivity index (χ0) is 70.1. The Morgan fingerprint density at radius 2 is 0.375 bits per heavy atom. The van der Waals surface area contributed by atoms with Crippen LogP contribution in [-0.2, 0) is 138 Å². The molecule has 0 aromatic heterocycles. The van der Waals surface area contributed by atoms with Gasteiger partial charge in [-0.25, -0.2) is 0 Å². The molecule has 2 N–H and O–H groups in total. The highest BCUT2D eigenvalue weighted by Crippen LogP contribution is 2.44. The van der Waals surface area contributed by atoms with Gasteiger partial charge in [0, 0.05) is 7.11 Å². The fraction of sp³-hybridized carbons (Fsp3) is 0.954. The molecule has 96 heavy (non-hydrogen) atoms. The number of methoxy groups -OCH3 is 1. The van der Waals surface area contributed by atoms with Crippen LogP contribution in [0.3, 0.4) is 0 Å². The Labute approximate surface area is 571 Å². The largest absolute Gasteiger partial charge is 0.481 e. The van der Waals surface area contributed by atoms with Crippen LogP contribution in [0.2, 0.25) is 0 Å². The maximum Gasteiger partial charge on any atom is 0.311 e. The molecule has 0 heterocycles. The highest BCUT2D eigenvalue weighted by Gasteiger charge is 2.48. The highest BCUT2D eigenvalue weighted by molar-refractivity contribution is 5.81. The molecule has 0 aliphatic carbocycles. The Morgan fingerprint density at radius 3 is 0.510 bits per heavy atom. The van der Waals surface area contributed by atoms with Crippen molar-refractivity contribution in [3.63, 3.8) is 0 Å². The van der Waals surface area contributed by atoms with Crippen molar-refractivity contribution in [3.05, 3.63) is 0 Å². The second-order valence-corrected chi connectivity index (χ2v) is 22.1. The summed E-state index contributed by atoms with van der Waals surface area (Å²) in [4.78, 5) is 36.8. The molecule has 0 radical (unpaired) electrons. The molecule has 0 bridgehead atoms. The quantitative estimate of drug-likeness (QED) is 0.0653. The lowest BCUT2D eigenvalue weighted by molar-refractivity contribution is -0.164. The molecule has 2 unspecified atom stereocenters. The van der Waals surface area contributed by atoms with Crippen LogP contribution in [0, 0.1) is 16.2 Å². The topological polar surface area (TPSA) is 332 Å². The first-order valence-corrected chi connectivity index (χ1v) is 33.8. The van der Waals surface area contributed by atoms with Gasteiger partial charge in [0.05, 0.1) is 340 Å². The number of carboxylic acids is 2. The fourth-order valence-electron chi connectivity index (χ4n) is 8.17. The lowest BCUT2D eigenvalue weighted by Gasteiger charge is -2.37. The van der Waals surface area contributed by atoms with Crippen molar-refractivity contribution in [2.75, 3.05) is 337 Å². The maximum absolute atomic E-state index is 12.8. The molecular formula is C65H126O31. The number of carbonyl (C=O) groups is 3. The molecule has 31 heteroatoms. The van der Waals surface area contributed by atoms with E-state index in [9.17, 15) is 24.6 Å². The molecule has 0 saturated heterocycles. The summed E-state index contributed by atoms with van der Waals surface area (Å²) < 4.78 is 142. The Bertz CT molecular complexity index is 1650. The molecule has 572 valence electrons. The van der Waals surface area contributed by atoms with Crippen LogP contribution in [0.1, 0.15) is 53.9 Å².